The molecule has 1 aromatic carbocycles. The zero-order valence-electron chi connectivity index (χ0n) is 10.3. The minimum Gasteiger partial charge on any atom is -0.465 e. The van der Waals surface area contributed by atoms with Gasteiger partial charge in [-0.25, -0.2) is 4.79 Å². The lowest BCUT2D eigenvalue weighted by Gasteiger charge is -2.06. The Morgan fingerprint density at radius 1 is 1.28 bits per heavy atom. The van der Waals surface area contributed by atoms with Crippen LogP contribution < -0.4 is 10.1 Å². The molecule has 18 heavy (non-hydrogen) atoms. The Morgan fingerprint density at radius 2 is 1.94 bits per heavy atom. The van der Waals surface area contributed by atoms with Crippen LogP contribution in [-0.2, 0) is 9.53 Å². The van der Waals surface area contributed by atoms with E-state index in [-0.39, 0.29) is 13.2 Å². The van der Waals surface area contributed by atoms with E-state index in [1.165, 1.54) is 0 Å². The Hall–Kier alpha value is -1.69. The number of esters is 1. The van der Waals surface area contributed by atoms with Gasteiger partial charge in [-0.3, -0.25) is 4.79 Å². The predicted molar refractivity (Wildman–Crippen MR) is 68.9 cm³/mol. The maximum atomic E-state index is 11.3. The monoisotopic (exact) mass is 269 g/mol. The van der Waals surface area contributed by atoms with Gasteiger partial charge < -0.3 is 14.8 Å². The average Bonchev–Trinajstić information content (AvgIpc) is 2.38. The number of ether oxygens (including phenoxy) is 2. The first-order valence-corrected chi connectivity index (χ1v) is 6.63. The molecule has 0 fully saturated rings. The molecule has 0 aliphatic carbocycles. The highest BCUT2D eigenvalue weighted by molar-refractivity contribution is 7.98. The molecule has 0 saturated carbocycles. The fraction of sp³-hybridized carbons (Fsp3) is 0.333. The van der Waals surface area contributed by atoms with E-state index < -0.39 is 12.1 Å². The Labute approximate surface area is 110 Å². The summed E-state index contributed by atoms with van der Waals surface area (Å²) in [6.45, 7) is 1.78. The Kier molecular flexibility index (Phi) is 6.07. The van der Waals surface area contributed by atoms with Gasteiger partial charge in [-0.15, -0.1) is 11.8 Å². The molecule has 1 amide bonds. The van der Waals surface area contributed by atoms with Crippen molar-refractivity contribution in [1.29, 1.82) is 0 Å². The van der Waals surface area contributed by atoms with Gasteiger partial charge in [0.25, 0.3) is 0 Å². The van der Waals surface area contributed by atoms with Gasteiger partial charge in [0, 0.05) is 4.90 Å². The zero-order chi connectivity index (χ0) is 13.4. The number of rotatable bonds is 5. The van der Waals surface area contributed by atoms with Gasteiger partial charge in [0.2, 0.25) is 0 Å². The number of hydrogen-bond donors (Lipinski definition) is 1. The molecular formula is C12H15NO4S. The molecule has 1 N–H and O–H groups in total. The van der Waals surface area contributed by atoms with Crippen molar-refractivity contribution in [3.05, 3.63) is 24.3 Å². The quantitative estimate of drug-likeness (QED) is 0.654. The maximum absolute atomic E-state index is 11.3. The van der Waals surface area contributed by atoms with Crippen molar-refractivity contribution < 1.29 is 19.1 Å². The summed E-state index contributed by atoms with van der Waals surface area (Å²) in [7, 11) is 0. The van der Waals surface area contributed by atoms with E-state index in [9.17, 15) is 9.59 Å². The van der Waals surface area contributed by atoms with E-state index >= 15 is 0 Å². The molecule has 0 aliphatic heterocycles. The van der Waals surface area contributed by atoms with E-state index in [2.05, 4.69) is 10.1 Å². The lowest BCUT2D eigenvalue weighted by molar-refractivity contribution is -0.141. The number of benzene rings is 1. The first kappa shape index (κ1) is 14.4. The number of carbonyl (C=O) groups is 2. The molecule has 5 nitrogen and oxygen atoms in total. The maximum Gasteiger partial charge on any atom is 0.413 e. The third kappa shape index (κ3) is 5.09. The highest BCUT2D eigenvalue weighted by Gasteiger charge is 2.07. The highest BCUT2D eigenvalue weighted by atomic mass is 32.2. The second-order valence-corrected chi connectivity index (χ2v) is 4.10. The smallest absolute Gasteiger partial charge is 0.413 e. The number of hydrogen-bond acceptors (Lipinski definition) is 5. The average molecular weight is 269 g/mol. The molecular weight excluding hydrogens is 254 g/mol. The minimum atomic E-state index is -0.681. The van der Waals surface area contributed by atoms with Crippen LogP contribution >= 0.6 is 11.8 Å². The second-order valence-electron chi connectivity index (χ2n) is 3.22. The molecule has 0 spiro atoms. The van der Waals surface area contributed by atoms with Crippen LogP contribution in [0.25, 0.3) is 0 Å². The number of amides is 1. The molecule has 0 aliphatic rings. The summed E-state index contributed by atoms with van der Waals surface area (Å²) in [6.07, 6.45) is 1.28. The van der Waals surface area contributed by atoms with Crippen LogP contribution in [0.3, 0.4) is 0 Å². The van der Waals surface area contributed by atoms with Gasteiger partial charge in [0.1, 0.15) is 12.3 Å². The Morgan fingerprint density at radius 3 is 2.50 bits per heavy atom. The van der Waals surface area contributed by atoms with Gasteiger partial charge in [0.15, 0.2) is 0 Å². The van der Waals surface area contributed by atoms with Crippen molar-refractivity contribution in [2.45, 2.75) is 11.8 Å². The topological polar surface area (TPSA) is 64.6 Å². The van der Waals surface area contributed by atoms with Crippen LogP contribution in [0.1, 0.15) is 6.92 Å². The van der Waals surface area contributed by atoms with Gasteiger partial charge in [-0.05, 0) is 37.4 Å². The van der Waals surface area contributed by atoms with Crippen LogP contribution in [0.2, 0.25) is 0 Å². The number of carbonyl (C=O) groups excluding carboxylic acids is 2. The molecule has 0 unspecified atom stereocenters. The van der Waals surface area contributed by atoms with E-state index in [1.54, 1.807) is 30.8 Å². The molecule has 0 atom stereocenters. The fourth-order valence-electron chi connectivity index (χ4n) is 1.14. The molecule has 0 saturated heterocycles. The van der Waals surface area contributed by atoms with E-state index in [1.807, 2.05) is 18.4 Å². The summed E-state index contributed by atoms with van der Waals surface area (Å²) in [6, 6.07) is 7.07. The van der Waals surface area contributed by atoms with Crippen LogP contribution in [-0.4, -0.2) is 31.5 Å². The predicted octanol–water partition coefficient (Wildman–Crippen LogP) is 2.06. The number of thioether (sulfide) groups is 1. The van der Waals surface area contributed by atoms with Crippen molar-refractivity contribution in [1.82, 2.24) is 5.32 Å². The lowest BCUT2D eigenvalue weighted by atomic mass is 10.3. The highest BCUT2D eigenvalue weighted by Crippen LogP contribution is 2.18. The van der Waals surface area contributed by atoms with Gasteiger partial charge in [0.05, 0.1) is 6.61 Å². The number of nitrogens with one attached hydrogen (secondary N) is 1. The second kappa shape index (κ2) is 7.60. The Balaban J connectivity index is 2.37. The standard InChI is InChI=1S/C12H15NO4S/c1-3-16-11(14)8-13-12(15)17-9-4-6-10(18-2)7-5-9/h4-7H,3,8H2,1-2H3,(H,13,15). The molecule has 0 radical (unpaired) electrons. The summed E-state index contributed by atoms with van der Waals surface area (Å²) < 4.78 is 9.64. The fourth-order valence-corrected chi connectivity index (χ4v) is 1.55. The summed E-state index contributed by atoms with van der Waals surface area (Å²) >= 11 is 1.60. The van der Waals surface area contributed by atoms with Crippen LogP contribution in [0.15, 0.2) is 29.2 Å². The van der Waals surface area contributed by atoms with Crippen molar-refractivity contribution in [2.24, 2.45) is 0 Å². The minimum absolute atomic E-state index is 0.199. The molecule has 6 heteroatoms. The summed E-state index contributed by atoms with van der Waals surface area (Å²) in [5.41, 5.74) is 0. The molecule has 0 heterocycles. The summed E-state index contributed by atoms with van der Waals surface area (Å²) in [5.74, 6) is -0.0682. The third-order valence-electron chi connectivity index (χ3n) is 1.95. The van der Waals surface area contributed by atoms with E-state index in [0.29, 0.717) is 5.75 Å². The summed E-state index contributed by atoms with van der Waals surface area (Å²) in [4.78, 5) is 23.4. The molecule has 98 valence electrons. The molecule has 0 bridgehead atoms. The first-order chi connectivity index (χ1) is 8.65. The van der Waals surface area contributed by atoms with E-state index in [4.69, 9.17) is 4.74 Å². The van der Waals surface area contributed by atoms with Crippen LogP contribution in [0, 0.1) is 0 Å². The van der Waals surface area contributed by atoms with Crippen LogP contribution in [0.5, 0.6) is 5.75 Å². The van der Waals surface area contributed by atoms with Crippen LogP contribution in [0.4, 0.5) is 4.79 Å². The summed E-state index contributed by atoms with van der Waals surface area (Å²) in [5, 5.41) is 2.30. The van der Waals surface area contributed by atoms with Crippen molar-refractivity contribution in [2.75, 3.05) is 19.4 Å². The van der Waals surface area contributed by atoms with Crippen molar-refractivity contribution >= 4 is 23.8 Å². The Bertz CT molecular complexity index is 405. The molecule has 0 aromatic heterocycles. The molecule has 1 rings (SSSR count). The van der Waals surface area contributed by atoms with Gasteiger partial charge in [-0.1, -0.05) is 0 Å². The first-order valence-electron chi connectivity index (χ1n) is 5.41. The normalized spacial score (nSPS) is 9.67. The van der Waals surface area contributed by atoms with Gasteiger partial charge in [-0.2, -0.15) is 0 Å². The molecule has 1 aromatic rings. The third-order valence-corrected chi connectivity index (χ3v) is 2.70. The lowest BCUT2D eigenvalue weighted by Crippen LogP contribution is -2.32. The van der Waals surface area contributed by atoms with Gasteiger partial charge >= 0.3 is 12.1 Å². The van der Waals surface area contributed by atoms with Crippen molar-refractivity contribution in [3.8, 4) is 5.75 Å². The van der Waals surface area contributed by atoms with E-state index in [0.717, 1.165) is 4.90 Å². The largest absolute Gasteiger partial charge is 0.465 e. The SMILES string of the molecule is CCOC(=O)CNC(=O)Oc1ccc(SC)cc1. The van der Waals surface area contributed by atoms with Crippen molar-refractivity contribution in [3.63, 3.8) is 0 Å². The zero-order valence-corrected chi connectivity index (χ0v) is 11.1.